The Hall–Kier alpha value is -1.59. The van der Waals surface area contributed by atoms with Crippen LogP contribution < -0.4 is 0 Å². The third kappa shape index (κ3) is 4.52. The highest BCUT2D eigenvalue weighted by atomic mass is 35.5. The summed E-state index contributed by atoms with van der Waals surface area (Å²) in [5.41, 5.74) is 2.67. The van der Waals surface area contributed by atoms with E-state index in [2.05, 4.69) is 35.2 Å². The van der Waals surface area contributed by atoms with Crippen molar-refractivity contribution in [2.24, 2.45) is 5.41 Å². The first-order valence-electron chi connectivity index (χ1n) is 10.5. The summed E-state index contributed by atoms with van der Waals surface area (Å²) in [5, 5.41) is 1.39. The number of piperidine rings is 1. The van der Waals surface area contributed by atoms with E-state index in [9.17, 15) is 4.79 Å². The van der Waals surface area contributed by atoms with Crippen LogP contribution in [0.3, 0.4) is 0 Å². The van der Waals surface area contributed by atoms with E-state index < -0.39 is 0 Å². The van der Waals surface area contributed by atoms with Crippen LogP contribution in [0, 0.1) is 5.41 Å². The van der Waals surface area contributed by atoms with Crippen molar-refractivity contribution in [3.05, 3.63) is 69.7 Å². The zero-order chi connectivity index (χ0) is 21.1. The number of halogens is 2. The van der Waals surface area contributed by atoms with Gasteiger partial charge in [0.25, 0.3) is 0 Å². The first-order chi connectivity index (χ1) is 14.5. The summed E-state index contributed by atoms with van der Waals surface area (Å²) in [4.78, 5) is 16.8. The summed E-state index contributed by atoms with van der Waals surface area (Å²) in [5.74, 6) is 0.538. The molecule has 2 aromatic rings. The van der Waals surface area contributed by atoms with Crippen molar-refractivity contribution in [2.75, 3.05) is 39.9 Å². The molecule has 30 heavy (non-hydrogen) atoms. The minimum Gasteiger partial charge on any atom is -0.375 e. The van der Waals surface area contributed by atoms with Gasteiger partial charge in [0.05, 0.1) is 0 Å². The lowest BCUT2D eigenvalue weighted by molar-refractivity contribution is -0.137. The molecule has 2 saturated heterocycles. The van der Waals surface area contributed by atoms with E-state index >= 15 is 0 Å². The molecule has 2 fully saturated rings. The Labute approximate surface area is 188 Å². The molecule has 1 spiro atoms. The fraction of sp³-hybridized carbons (Fsp3) is 0.458. The molecule has 6 heteroatoms. The van der Waals surface area contributed by atoms with Crippen molar-refractivity contribution in [2.45, 2.75) is 25.3 Å². The zero-order valence-electron chi connectivity index (χ0n) is 17.3. The third-order valence-electron chi connectivity index (χ3n) is 6.71. The van der Waals surface area contributed by atoms with Crippen LogP contribution in [-0.4, -0.2) is 55.6 Å². The normalized spacial score (nSPS) is 21.3. The van der Waals surface area contributed by atoms with Crippen molar-refractivity contribution in [3.63, 3.8) is 0 Å². The van der Waals surface area contributed by atoms with E-state index in [1.54, 1.807) is 7.11 Å². The SMILES string of the molecule is COCC(=O)N1CCC2(CC1)CN(Cc1ccc(Cl)cc1Cl)C[C@H]2c1ccccc1. The number of carbonyl (C=O) groups is 1. The van der Waals surface area contributed by atoms with Crippen molar-refractivity contribution in [1.82, 2.24) is 9.80 Å². The molecule has 0 unspecified atom stereocenters. The Kier molecular flexibility index (Phi) is 6.69. The molecule has 1 amide bonds. The minimum absolute atomic E-state index is 0.0893. The topological polar surface area (TPSA) is 32.8 Å². The number of amides is 1. The summed E-state index contributed by atoms with van der Waals surface area (Å²) < 4.78 is 5.05. The van der Waals surface area contributed by atoms with Gasteiger partial charge in [0.1, 0.15) is 6.61 Å². The van der Waals surface area contributed by atoms with E-state index in [-0.39, 0.29) is 17.9 Å². The van der Waals surface area contributed by atoms with Gasteiger partial charge in [0, 0.05) is 55.8 Å². The first kappa shape index (κ1) is 21.6. The monoisotopic (exact) mass is 446 g/mol. The van der Waals surface area contributed by atoms with Crippen LogP contribution in [0.4, 0.5) is 0 Å². The predicted octanol–water partition coefficient (Wildman–Crippen LogP) is 4.85. The summed E-state index contributed by atoms with van der Waals surface area (Å²) in [6, 6.07) is 16.6. The Balaban J connectivity index is 1.54. The molecule has 160 valence electrons. The quantitative estimate of drug-likeness (QED) is 0.657. The number of hydrogen-bond donors (Lipinski definition) is 0. The summed E-state index contributed by atoms with van der Waals surface area (Å²) in [6.45, 7) is 4.57. The van der Waals surface area contributed by atoms with Crippen molar-refractivity contribution in [3.8, 4) is 0 Å². The predicted molar refractivity (Wildman–Crippen MR) is 121 cm³/mol. The number of hydrogen-bond acceptors (Lipinski definition) is 3. The molecule has 2 aromatic carbocycles. The van der Waals surface area contributed by atoms with Crippen molar-refractivity contribution < 1.29 is 9.53 Å². The fourth-order valence-electron chi connectivity index (χ4n) is 5.15. The first-order valence-corrected chi connectivity index (χ1v) is 11.2. The van der Waals surface area contributed by atoms with Gasteiger partial charge >= 0.3 is 0 Å². The highest BCUT2D eigenvalue weighted by molar-refractivity contribution is 6.35. The second-order valence-corrected chi connectivity index (χ2v) is 9.39. The maximum absolute atomic E-state index is 12.3. The number of ether oxygens (including phenoxy) is 1. The summed E-state index contributed by atoms with van der Waals surface area (Å²) in [7, 11) is 1.57. The molecule has 4 nitrogen and oxygen atoms in total. The standard InChI is InChI=1S/C24H28Cl2N2O2/c1-30-16-23(29)28-11-9-24(10-12-28)17-27(14-19-7-8-20(25)13-22(19)26)15-21(24)18-5-3-2-4-6-18/h2-8,13,21H,9-12,14-17H2,1H3/t21-/m0/s1. The lowest BCUT2D eigenvalue weighted by atomic mass is 9.68. The molecule has 0 aliphatic carbocycles. The zero-order valence-corrected chi connectivity index (χ0v) is 18.8. The number of nitrogens with zero attached hydrogens (tertiary/aromatic N) is 2. The molecule has 2 aliphatic rings. The van der Waals surface area contributed by atoms with Crippen LogP contribution in [0.15, 0.2) is 48.5 Å². The van der Waals surface area contributed by atoms with Gasteiger partial charge in [-0.1, -0.05) is 59.6 Å². The number of rotatable bonds is 5. The largest absolute Gasteiger partial charge is 0.375 e. The third-order valence-corrected chi connectivity index (χ3v) is 7.30. The summed E-state index contributed by atoms with van der Waals surface area (Å²) in [6.07, 6.45) is 2.01. The van der Waals surface area contributed by atoms with Crippen LogP contribution in [0.1, 0.15) is 29.9 Å². The van der Waals surface area contributed by atoms with Crippen LogP contribution >= 0.6 is 23.2 Å². The van der Waals surface area contributed by atoms with Gasteiger partial charge < -0.3 is 9.64 Å². The second-order valence-electron chi connectivity index (χ2n) is 8.54. The molecule has 1 atom stereocenters. The van der Waals surface area contributed by atoms with E-state index in [1.165, 1.54) is 5.56 Å². The Morgan fingerprint density at radius 2 is 1.87 bits per heavy atom. The smallest absolute Gasteiger partial charge is 0.248 e. The number of benzene rings is 2. The van der Waals surface area contributed by atoms with E-state index in [0.29, 0.717) is 10.9 Å². The fourth-order valence-corrected chi connectivity index (χ4v) is 5.62. The van der Waals surface area contributed by atoms with Crippen LogP contribution in [0.25, 0.3) is 0 Å². The minimum atomic E-state index is 0.0893. The molecule has 0 saturated carbocycles. The number of likely N-dealkylation sites (tertiary alicyclic amines) is 2. The van der Waals surface area contributed by atoms with E-state index in [1.807, 2.05) is 23.1 Å². The molecule has 2 heterocycles. The lowest BCUT2D eigenvalue weighted by Crippen LogP contribution is -2.47. The van der Waals surface area contributed by atoms with Gasteiger partial charge in [-0.25, -0.2) is 0 Å². The second kappa shape index (κ2) is 9.27. The Bertz CT molecular complexity index is 882. The Morgan fingerprint density at radius 1 is 1.13 bits per heavy atom. The molecular formula is C24H28Cl2N2O2. The average Bonchev–Trinajstić information content (AvgIpc) is 3.09. The summed E-state index contributed by atoms with van der Waals surface area (Å²) >= 11 is 12.5. The molecule has 4 rings (SSSR count). The Morgan fingerprint density at radius 3 is 2.53 bits per heavy atom. The average molecular weight is 447 g/mol. The van der Waals surface area contributed by atoms with E-state index in [4.69, 9.17) is 27.9 Å². The highest BCUT2D eigenvalue weighted by Gasteiger charge is 2.48. The maximum atomic E-state index is 12.3. The van der Waals surface area contributed by atoms with Crippen LogP contribution in [0.2, 0.25) is 10.0 Å². The van der Waals surface area contributed by atoms with Gasteiger partial charge in [0.2, 0.25) is 5.91 Å². The van der Waals surface area contributed by atoms with Gasteiger partial charge in [-0.15, -0.1) is 0 Å². The molecule has 0 radical (unpaired) electrons. The number of methoxy groups -OCH3 is 1. The van der Waals surface area contributed by atoms with Crippen molar-refractivity contribution in [1.29, 1.82) is 0 Å². The van der Waals surface area contributed by atoms with Crippen molar-refractivity contribution >= 4 is 29.1 Å². The molecular weight excluding hydrogens is 419 g/mol. The maximum Gasteiger partial charge on any atom is 0.248 e. The van der Waals surface area contributed by atoms with E-state index in [0.717, 1.165) is 56.2 Å². The van der Waals surface area contributed by atoms with Crippen LogP contribution in [0.5, 0.6) is 0 Å². The molecule has 2 aliphatic heterocycles. The van der Waals surface area contributed by atoms with Crippen LogP contribution in [-0.2, 0) is 16.1 Å². The van der Waals surface area contributed by atoms with Gasteiger partial charge in [-0.2, -0.15) is 0 Å². The van der Waals surface area contributed by atoms with Gasteiger partial charge in [0.15, 0.2) is 0 Å². The number of carbonyl (C=O) groups excluding carboxylic acids is 1. The van der Waals surface area contributed by atoms with Gasteiger partial charge in [-0.3, -0.25) is 9.69 Å². The highest BCUT2D eigenvalue weighted by Crippen LogP contribution is 2.50. The molecule has 0 N–H and O–H groups in total. The molecule has 0 bridgehead atoms. The van der Waals surface area contributed by atoms with Gasteiger partial charge in [-0.05, 0) is 41.5 Å². The molecule has 0 aromatic heterocycles. The lowest BCUT2D eigenvalue weighted by Gasteiger charge is -2.43.